The molecule has 144 valence electrons. The Balaban J connectivity index is 1.37. The molecule has 6 nitrogen and oxygen atoms in total. The first-order valence-electron chi connectivity index (χ1n) is 9.31. The lowest BCUT2D eigenvalue weighted by Gasteiger charge is -2.26. The smallest absolute Gasteiger partial charge is 0.315 e. The number of urea groups is 1. The Morgan fingerprint density at radius 3 is 2.74 bits per heavy atom. The lowest BCUT2D eigenvalue weighted by Crippen LogP contribution is -2.41. The number of rotatable bonds is 7. The number of pyridine rings is 1. The summed E-state index contributed by atoms with van der Waals surface area (Å²) in [5.41, 5.74) is 0.854. The number of amides is 2. The SMILES string of the molecule is O=C(NCCN1CCCCC1)NCc1ccc(Oc2cccc(F)c2)nc1. The second-order valence-corrected chi connectivity index (χ2v) is 6.58. The molecule has 2 heterocycles. The molecular weight excluding hydrogens is 347 g/mol. The number of hydrogen-bond acceptors (Lipinski definition) is 4. The van der Waals surface area contributed by atoms with Crippen LogP contribution in [0.25, 0.3) is 0 Å². The Labute approximate surface area is 158 Å². The van der Waals surface area contributed by atoms with Gasteiger partial charge in [-0.2, -0.15) is 0 Å². The Bertz CT molecular complexity index is 733. The van der Waals surface area contributed by atoms with Gasteiger partial charge in [-0.3, -0.25) is 0 Å². The molecule has 1 fully saturated rings. The molecule has 0 spiro atoms. The third kappa shape index (κ3) is 6.53. The lowest BCUT2D eigenvalue weighted by atomic mass is 10.1. The van der Waals surface area contributed by atoms with Crippen LogP contribution < -0.4 is 15.4 Å². The zero-order valence-electron chi connectivity index (χ0n) is 15.3. The fourth-order valence-electron chi connectivity index (χ4n) is 2.98. The first-order chi connectivity index (χ1) is 13.2. The first kappa shape index (κ1) is 19.1. The van der Waals surface area contributed by atoms with E-state index in [1.807, 2.05) is 6.07 Å². The molecule has 1 aliphatic rings. The molecule has 0 bridgehead atoms. The number of aromatic nitrogens is 1. The van der Waals surface area contributed by atoms with Crippen LogP contribution in [0.5, 0.6) is 11.6 Å². The van der Waals surface area contributed by atoms with E-state index in [-0.39, 0.29) is 11.8 Å². The Hall–Kier alpha value is -2.67. The molecule has 2 N–H and O–H groups in total. The van der Waals surface area contributed by atoms with Crippen LogP contribution >= 0.6 is 0 Å². The van der Waals surface area contributed by atoms with Crippen LogP contribution in [0, 0.1) is 5.82 Å². The number of piperidine rings is 1. The predicted molar refractivity (Wildman–Crippen MR) is 101 cm³/mol. The van der Waals surface area contributed by atoms with Crippen molar-refractivity contribution in [2.75, 3.05) is 26.2 Å². The van der Waals surface area contributed by atoms with E-state index in [1.54, 1.807) is 24.4 Å². The molecule has 0 atom stereocenters. The molecule has 1 saturated heterocycles. The van der Waals surface area contributed by atoms with Crippen molar-refractivity contribution in [3.05, 3.63) is 54.0 Å². The summed E-state index contributed by atoms with van der Waals surface area (Å²) < 4.78 is 18.7. The molecule has 0 aliphatic carbocycles. The molecule has 1 aliphatic heterocycles. The normalized spacial score (nSPS) is 14.6. The molecule has 7 heteroatoms. The van der Waals surface area contributed by atoms with Gasteiger partial charge in [0.1, 0.15) is 11.6 Å². The van der Waals surface area contributed by atoms with E-state index in [4.69, 9.17) is 4.74 Å². The highest BCUT2D eigenvalue weighted by molar-refractivity contribution is 5.73. The van der Waals surface area contributed by atoms with Gasteiger partial charge in [0.15, 0.2) is 0 Å². The molecule has 1 aromatic heterocycles. The summed E-state index contributed by atoms with van der Waals surface area (Å²) in [6, 6.07) is 9.21. The van der Waals surface area contributed by atoms with Crippen LogP contribution in [-0.2, 0) is 6.54 Å². The number of benzene rings is 1. The van der Waals surface area contributed by atoms with E-state index in [2.05, 4.69) is 20.5 Å². The van der Waals surface area contributed by atoms with E-state index >= 15 is 0 Å². The Kier molecular flexibility index (Phi) is 6.98. The fourth-order valence-corrected chi connectivity index (χ4v) is 2.98. The molecule has 0 unspecified atom stereocenters. The summed E-state index contributed by atoms with van der Waals surface area (Å²) in [7, 11) is 0. The van der Waals surface area contributed by atoms with E-state index in [0.717, 1.165) is 25.2 Å². The van der Waals surface area contributed by atoms with E-state index < -0.39 is 0 Å². The van der Waals surface area contributed by atoms with Crippen molar-refractivity contribution < 1.29 is 13.9 Å². The third-order valence-electron chi connectivity index (χ3n) is 4.43. The zero-order valence-corrected chi connectivity index (χ0v) is 15.3. The summed E-state index contributed by atoms with van der Waals surface area (Å²) in [5, 5.41) is 5.69. The number of hydrogen-bond donors (Lipinski definition) is 2. The molecule has 2 aromatic rings. The van der Waals surface area contributed by atoms with Gasteiger partial charge in [0.05, 0.1) is 0 Å². The van der Waals surface area contributed by atoms with Gasteiger partial charge in [0.2, 0.25) is 5.88 Å². The van der Waals surface area contributed by atoms with Gasteiger partial charge in [-0.05, 0) is 43.6 Å². The highest BCUT2D eigenvalue weighted by Crippen LogP contribution is 2.19. The monoisotopic (exact) mass is 372 g/mol. The van der Waals surface area contributed by atoms with Gasteiger partial charge < -0.3 is 20.3 Å². The largest absolute Gasteiger partial charge is 0.439 e. The number of ether oxygens (including phenoxy) is 1. The number of carbonyl (C=O) groups is 1. The number of carbonyl (C=O) groups excluding carboxylic acids is 1. The topological polar surface area (TPSA) is 66.5 Å². The third-order valence-corrected chi connectivity index (χ3v) is 4.43. The zero-order chi connectivity index (χ0) is 18.9. The van der Waals surface area contributed by atoms with Gasteiger partial charge in [0, 0.05) is 38.0 Å². The van der Waals surface area contributed by atoms with Crippen molar-refractivity contribution in [3.8, 4) is 11.6 Å². The van der Waals surface area contributed by atoms with Crippen molar-refractivity contribution >= 4 is 6.03 Å². The maximum atomic E-state index is 13.2. The number of likely N-dealkylation sites (tertiary alicyclic amines) is 1. The number of nitrogens with one attached hydrogen (secondary N) is 2. The minimum atomic E-state index is -0.361. The minimum Gasteiger partial charge on any atom is -0.439 e. The summed E-state index contributed by atoms with van der Waals surface area (Å²) >= 11 is 0. The maximum Gasteiger partial charge on any atom is 0.315 e. The Morgan fingerprint density at radius 1 is 1.15 bits per heavy atom. The summed E-state index contributed by atoms with van der Waals surface area (Å²) in [4.78, 5) is 18.4. The molecular formula is C20H25FN4O2. The van der Waals surface area contributed by atoms with Crippen LogP contribution in [0.15, 0.2) is 42.6 Å². The molecule has 0 saturated carbocycles. The maximum absolute atomic E-state index is 13.2. The molecule has 2 amide bonds. The summed E-state index contributed by atoms with van der Waals surface area (Å²) in [6.07, 6.45) is 5.43. The van der Waals surface area contributed by atoms with Crippen molar-refractivity contribution in [1.29, 1.82) is 0 Å². The molecule has 27 heavy (non-hydrogen) atoms. The second-order valence-electron chi connectivity index (χ2n) is 6.58. The molecule has 3 rings (SSSR count). The van der Waals surface area contributed by atoms with Gasteiger partial charge in [-0.1, -0.05) is 18.6 Å². The van der Waals surface area contributed by atoms with E-state index in [0.29, 0.717) is 24.7 Å². The van der Waals surface area contributed by atoms with Gasteiger partial charge >= 0.3 is 6.03 Å². The number of nitrogens with zero attached hydrogens (tertiary/aromatic N) is 2. The predicted octanol–water partition coefficient (Wildman–Crippen LogP) is 3.30. The van der Waals surface area contributed by atoms with E-state index in [9.17, 15) is 9.18 Å². The van der Waals surface area contributed by atoms with Crippen molar-refractivity contribution in [2.45, 2.75) is 25.8 Å². The highest BCUT2D eigenvalue weighted by Gasteiger charge is 2.09. The van der Waals surface area contributed by atoms with Gasteiger partial charge in [-0.25, -0.2) is 14.2 Å². The van der Waals surface area contributed by atoms with Crippen LogP contribution in [-0.4, -0.2) is 42.1 Å². The molecule has 1 aromatic carbocycles. The quantitative estimate of drug-likeness (QED) is 0.783. The molecule has 0 radical (unpaired) electrons. The fraction of sp³-hybridized carbons (Fsp3) is 0.400. The minimum absolute atomic E-state index is 0.188. The van der Waals surface area contributed by atoms with Gasteiger partial charge in [-0.15, -0.1) is 0 Å². The summed E-state index contributed by atoms with van der Waals surface area (Å²) in [5.74, 6) is 0.399. The average Bonchev–Trinajstić information content (AvgIpc) is 2.68. The van der Waals surface area contributed by atoms with Crippen molar-refractivity contribution in [1.82, 2.24) is 20.5 Å². The van der Waals surface area contributed by atoms with Crippen LogP contribution in [0.2, 0.25) is 0 Å². The highest BCUT2D eigenvalue weighted by atomic mass is 19.1. The lowest BCUT2D eigenvalue weighted by molar-refractivity contribution is 0.220. The van der Waals surface area contributed by atoms with Crippen molar-refractivity contribution in [2.24, 2.45) is 0 Å². The van der Waals surface area contributed by atoms with Gasteiger partial charge in [0.25, 0.3) is 0 Å². The standard InChI is InChI=1S/C20H25FN4O2/c21-17-5-4-6-18(13-17)27-19-8-7-16(14-23-19)15-24-20(26)22-9-12-25-10-2-1-3-11-25/h4-8,13-14H,1-3,9-12,15H2,(H2,22,24,26). The second kappa shape index (κ2) is 9.87. The Morgan fingerprint density at radius 2 is 2.00 bits per heavy atom. The van der Waals surface area contributed by atoms with E-state index in [1.165, 1.54) is 31.4 Å². The number of halogens is 1. The first-order valence-corrected chi connectivity index (χ1v) is 9.31. The average molecular weight is 372 g/mol. The van der Waals surface area contributed by atoms with Crippen molar-refractivity contribution in [3.63, 3.8) is 0 Å². The summed E-state index contributed by atoms with van der Waals surface area (Å²) in [6.45, 7) is 4.16. The van der Waals surface area contributed by atoms with Crippen LogP contribution in [0.3, 0.4) is 0 Å². The van der Waals surface area contributed by atoms with Crippen LogP contribution in [0.4, 0.5) is 9.18 Å². The van der Waals surface area contributed by atoms with Crippen LogP contribution in [0.1, 0.15) is 24.8 Å².